The molecule has 2 aromatic rings. The van der Waals surface area contributed by atoms with Crippen LogP contribution in [-0.2, 0) is 5.41 Å². The number of aliphatic hydroxyl groups excluding tert-OH is 1. The van der Waals surface area contributed by atoms with Gasteiger partial charge in [-0.3, -0.25) is 0 Å². The first-order valence-electron chi connectivity index (χ1n) is 7.28. The van der Waals surface area contributed by atoms with Crippen LogP contribution in [0.2, 0.25) is 0 Å². The minimum Gasteiger partial charge on any atom is -0.384 e. The van der Waals surface area contributed by atoms with Gasteiger partial charge in [-0.25, -0.2) is 0 Å². The van der Waals surface area contributed by atoms with Gasteiger partial charge in [-0.2, -0.15) is 22.7 Å². The molecule has 5 heterocycles. The summed E-state index contributed by atoms with van der Waals surface area (Å²) >= 11 is 3.40. The van der Waals surface area contributed by atoms with Crippen LogP contribution in [0.3, 0.4) is 0 Å². The van der Waals surface area contributed by atoms with Gasteiger partial charge in [0.15, 0.2) is 0 Å². The van der Waals surface area contributed by atoms with E-state index in [4.69, 9.17) is 0 Å². The zero-order chi connectivity index (χ0) is 13.6. The van der Waals surface area contributed by atoms with E-state index in [9.17, 15) is 5.11 Å². The number of aliphatic hydroxyl groups is 1. The van der Waals surface area contributed by atoms with Crippen molar-refractivity contribution in [3.05, 3.63) is 44.3 Å². The molecule has 2 nitrogen and oxygen atoms in total. The fraction of sp³-hybridized carbons (Fsp3) is 0.500. The van der Waals surface area contributed by atoms with E-state index in [0.29, 0.717) is 5.41 Å². The van der Waals surface area contributed by atoms with Gasteiger partial charge in [0.1, 0.15) is 6.10 Å². The van der Waals surface area contributed by atoms with Crippen molar-refractivity contribution >= 4 is 22.7 Å². The Labute approximate surface area is 127 Å². The van der Waals surface area contributed by atoms with Gasteiger partial charge in [0, 0.05) is 5.41 Å². The number of hydrogen-bond donors (Lipinski definition) is 1. The molecule has 4 heteroatoms. The fourth-order valence-corrected chi connectivity index (χ4v) is 5.46. The monoisotopic (exact) mass is 305 g/mol. The Morgan fingerprint density at radius 3 is 2.45 bits per heavy atom. The molecule has 3 fully saturated rings. The molecule has 2 aromatic heterocycles. The summed E-state index contributed by atoms with van der Waals surface area (Å²) in [5.41, 5.74) is 3.96. The number of fused-ring (bicyclic) bond motifs is 3. The quantitative estimate of drug-likeness (QED) is 0.936. The Kier molecular flexibility index (Phi) is 3.22. The average molecular weight is 305 g/mol. The predicted molar refractivity (Wildman–Crippen MR) is 84.7 cm³/mol. The van der Waals surface area contributed by atoms with E-state index in [2.05, 4.69) is 21.0 Å². The zero-order valence-electron chi connectivity index (χ0n) is 11.4. The van der Waals surface area contributed by atoms with E-state index in [0.717, 1.165) is 11.1 Å². The first-order valence-corrected chi connectivity index (χ1v) is 9.16. The molecule has 106 valence electrons. The van der Waals surface area contributed by atoms with Crippen molar-refractivity contribution in [1.82, 2.24) is 4.90 Å². The fourth-order valence-electron chi connectivity index (χ4n) is 3.79. The standard InChI is InChI=1S/C16H19NOS2/c18-15(12-1-8-19-9-12)13-10-20-11-14(13)16-2-5-17(6-3-16)7-4-16/h1,8-11,15,18H,2-7H2. The van der Waals surface area contributed by atoms with Gasteiger partial charge in [0.2, 0.25) is 0 Å². The Morgan fingerprint density at radius 1 is 1.05 bits per heavy atom. The lowest BCUT2D eigenvalue weighted by atomic mass is 9.67. The summed E-state index contributed by atoms with van der Waals surface area (Å²) in [6, 6.07) is 2.04. The van der Waals surface area contributed by atoms with Crippen LogP contribution in [-0.4, -0.2) is 29.6 Å². The summed E-state index contributed by atoms with van der Waals surface area (Å²) in [7, 11) is 0. The van der Waals surface area contributed by atoms with Crippen LogP contribution in [0.1, 0.15) is 42.1 Å². The molecule has 20 heavy (non-hydrogen) atoms. The summed E-state index contributed by atoms with van der Waals surface area (Å²) in [5, 5.41) is 19.3. The summed E-state index contributed by atoms with van der Waals surface area (Å²) in [5.74, 6) is 0. The first-order chi connectivity index (χ1) is 9.78. The van der Waals surface area contributed by atoms with Crippen LogP contribution in [0.5, 0.6) is 0 Å². The first kappa shape index (κ1) is 13.0. The molecular weight excluding hydrogens is 286 g/mol. The smallest absolute Gasteiger partial charge is 0.106 e. The molecule has 0 aromatic carbocycles. The maximum Gasteiger partial charge on any atom is 0.106 e. The summed E-state index contributed by atoms with van der Waals surface area (Å²) in [4.78, 5) is 2.57. The van der Waals surface area contributed by atoms with Crippen molar-refractivity contribution < 1.29 is 5.11 Å². The highest BCUT2D eigenvalue weighted by atomic mass is 32.1. The minimum atomic E-state index is -0.447. The van der Waals surface area contributed by atoms with Crippen molar-refractivity contribution in [2.45, 2.75) is 30.8 Å². The summed E-state index contributed by atoms with van der Waals surface area (Å²) in [6.45, 7) is 3.68. The second kappa shape index (κ2) is 4.95. The van der Waals surface area contributed by atoms with Gasteiger partial charge in [0.05, 0.1) is 0 Å². The Bertz CT molecular complexity index is 568. The third-order valence-corrected chi connectivity index (χ3v) is 6.60. The molecule has 0 spiro atoms. The number of thiophene rings is 2. The zero-order valence-corrected chi connectivity index (χ0v) is 13.1. The van der Waals surface area contributed by atoms with Crippen molar-refractivity contribution in [3.63, 3.8) is 0 Å². The number of hydrogen-bond acceptors (Lipinski definition) is 4. The van der Waals surface area contributed by atoms with Gasteiger partial charge in [-0.15, -0.1) is 0 Å². The number of rotatable bonds is 3. The van der Waals surface area contributed by atoms with Crippen LogP contribution >= 0.6 is 22.7 Å². The van der Waals surface area contributed by atoms with Gasteiger partial charge in [-0.05, 0) is 83.2 Å². The predicted octanol–water partition coefficient (Wildman–Crippen LogP) is 3.63. The summed E-state index contributed by atoms with van der Waals surface area (Å²) < 4.78 is 0. The second-order valence-corrected chi connectivity index (χ2v) is 7.60. The molecule has 0 aliphatic carbocycles. The van der Waals surface area contributed by atoms with Gasteiger partial charge >= 0.3 is 0 Å². The minimum absolute atomic E-state index is 0.334. The molecule has 0 radical (unpaired) electrons. The molecule has 1 unspecified atom stereocenters. The van der Waals surface area contributed by atoms with Crippen LogP contribution in [0.4, 0.5) is 0 Å². The average Bonchev–Trinajstić information content (AvgIpc) is 3.20. The van der Waals surface area contributed by atoms with E-state index >= 15 is 0 Å². The molecular formula is C16H19NOS2. The van der Waals surface area contributed by atoms with Crippen molar-refractivity contribution in [2.75, 3.05) is 19.6 Å². The van der Waals surface area contributed by atoms with Crippen molar-refractivity contribution in [3.8, 4) is 0 Å². The van der Waals surface area contributed by atoms with Gasteiger partial charge in [0.25, 0.3) is 0 Å². The molecule has 1 N–H and O–H groups in total. The normalized spacial score (nSPS) is 30.6. The number of piperidine rings is 3. The second-order valence-electron chi connectivity index (χ2n) is 6.07. The van der Waals surface area contributed by atoms with Crippen LogP contribution < -0.4 is 0 Å². The topological polar surface area (TPSA) is 23.5 Å². The largest absolute Gasteiger partial charge is 0.384 e. The molecule has 3 aliphatic heterocycles. The molecule has 3 saturated heterocycles. The van der Waals surface area contributed by atoms with E-state index in [-0.39, 0.29) is 0 Å². The van der Waals surface area contributed by atoms with E-state index in [1.54, 1.807) is 22.7 Å². The van der Waals surface area contributed by atoms with E-state index < -0.39 is 6.10 Å². The van der Waals surface area contributed by atoms with E-state index in [1.165, 1.54) is 44.5 Å². The molecule has 1 atom stereocenters. The molecule has 2 bridgehead atoms. The molecule has 5 rings (SSSR count). The van der Waals surface area contributed by atoms with E-state index in [1.807, 2.05) is 11.4 Å². The maximum absolute atomic E-state index is 10.7. The third-order valence-electron chi connectivity index (χ3n) is 5.14. The van der Waals surface area contributed by atoms with Gasteiger partial charge in [-0.1, -0.05) is 0 Å². The SMILES string of the molecule is OC(c1ccsc1)c1cscc1C12CCN(CC1)CC2. The van der Waals surface area contributed by atoms with Crippen LogP contribution in [0.15, 0.2) is 27.6 Å². The van der Waals surface area contributed by atoms with Crippen molar-refractivity contribution in [1.29, 1.82) is 0 Å². The Morgan fingerprint density at radius 2 is 1.80 bits per heavy atom. The third kappa shape index (κ3) is 1.98. The Hall–Kier alpha value is -0.680. The highest BCUT2D eigenvalue weighted by Gasteiger charge is 2.42. The summed E-state index contributed by atoms with van der Waals surface area (Å²) in [6.07, 6.45) is 3.32. The van der Waals surface area contributed by atoms with Crippen LogP contribution in [0.25, 0.3) is 0 Å². The lowest BCUT2D eigenvalue weighted by molar-refractivity contribution is 0.0799. The van der Waals surface area contributed by atoms with Crippen molar-refractivity contribution in [2.24, 2.45) is 0 Å². The number of nitrogens with zero attached hydrogens (tertiary/aromatic N) is 1. The van der Waals surface area contributed by atoms with Gasteiger partial charge < -0.3 is 10.0 Å². The van der Waals surface area contributed by atoms with Crippen LogP contribution in [0, 0.1) is 0 Å². The maximum atomic E-state index is 10.7. The lowest BCUT2D eigenvalue weighted by Gasteiger charge is -2.49. The highest BCUT2D eigenvalue weighted by molar-refractivity contribution is 7.08. The lowest BCUT2D eigenvalue weighted by Crippen LogP contribution is -2.50. The molecule has 0 amide bonds. The Balaban J connectivity index is 1.71. The molecule has 0 saturated carbocycles. The molecule has 3 aliphatic rings. The highest BCUT2D eigenvalue weighted by Crippen LogP contribution is 2.47.